The van der Waals surface area contributed by atoms with E-state index in [1.165, 1.54) is 10.6 Å². The molecule has 0 amide bonds. The summed E-state index contributed by atoms with van der Waals surface area (Å²) >= 11 is 5.18. The summed E-state index contributed by atoms with van der Waals surface area (Å²) in [6.07, 6.45) is 0.921. The van der Waals surface area contributed by atoms with Crippen LogP contribution in [0.4, 0.5) is 0 Å². The van der Waals surface area contributed by atoms with Gasteiger partial charge in [0.05, 0.1) is 10.7 Å². The van der Waals surface area contributed by atoms with Crippen LogP contribution in [0.25, 0.3) is 0 Å². The van der Waals surface area contributed by atoms with Crippen molar-refractivity contribution in [1.82, 2.24) is 10.3 Å². The van der Waals surface area contributed by atoms with E-state index >= 15 is 0 Å². The van der Waals surface area contributed by atoms with Gasteiger partial charge in [-0.1, -0.05) is 35.0 Å². The van der Waals surface area contributed by atoms with Crippen molar-refractivity contribution in [3.63, 3.8) is 0 Å². The molecule has 0 radical (unpaired) electrons. The van der Waals surface area contributed by atoms with Gasteiger partial charge in [-0.05, 0) is 24.2 Å². The van der Waals surface area contributed by atoms with E-state index in [1.54, 1.807) is 11.3 Å². The first kappa shape index (κ1) is 12.7. The van der Waals surface area contributed by atoms with E-state index < -0.39 is 0 Å². The fourth-order valence-corrected chi connectivity index (χ4v) is 2.63. The molecule has 0 unspecified atom stereocenters. The van der Waals surface area contributed by atoms with Crippen molar-refractivity contribution in [2.45, 2.75) is 19.9 Å². The van der Waals surface area contributed by atoms with Gasteiger partial charge in [-0.15, -0.1) is 11.3 Å². The molecule has 0 saturated carbocycles. The highest BCUT2D eigenvalue weighted by molar-refractivity contribution is 9.10. The van der Waals surface area contributed by atoms with Gasteiger partial charge in [-0.3, -0.25) is 0 Å². The van der Waals surface area contributed by atoms with Crippen molar-refractivity contribution in [2.24, 2.45) is 0 Å². The average Bonchev–Trinajstić information content (AvgIpc) is 2.77. The highest BCUT2D eigenvalue weighted by Crippen LogP contribution is 2.17. The largest absolute Gasteiger partial charge is 0.311 e. The molecule has 2 rings (SSSR count). The summed E-state index contributed by atoms with van der Waals surface area (Å²) in [5.41, 5.74) is 2.45. The SMILES string of the molecule is CCNCc1csc(Cc2ccc(Br)cc2)n1. The Kier molecular flexibility index (Phi) is 4.71. The van der Waals surface area contributed by atoms with E-state index in [0.29, 0.717) is 0 Å². The summed E-state index contributed by atoms with van der Waals surface area (Å²) < 4.78 is 1.12. The highest BCUT2D eigenvalue weighted by Gasteiger charge is 2.02. The standard InChI is InChI=1S/C13H15BrN2S/c1-2-15-8-12-9-17-13(16-12)7-10-3-5-11(14)6-4-10/h3-6,9,15H,2,7-8H2,1H3. The van der Waals surface area contributed by atoms with E-state index in [2.05, 4.69) is 62.8 Å². The molecule has 0 aliphatic rings. The Labute approximate surface area is 114 Å². The van der Waals surface area contributed by atoms with E-state index in [9.17, 15) is 0 Å². The van der Waals surface area contributed by atoms with E-state index in [0.717, 1.165) is 29.7 Å². The number of nitrogens with one attached hydrogen (secondary N) is 1. The number of hydrogen-bond donors (Lipinski definition) is 1. The zero-order chi connectivity index (χ0) is 12.1. The van der Waals surface area contributed by atoms with Crippen LogP contribution in [-0.2, 0) is 13.0 Å². The number of benzene rings is 1. The summed E-state index contributed by atoms with van der Waals surface area (Å²) in [5, 5.41) is 6.60. The molecule has 4 heteroatoms. The van der Waals surface area contributed by atoms with Crippen molar-refractivity contribution in [3.8, 4) is 0 Å². The summed E-state index contributed by atoms with van der Waals surface area (Å²) in [4.78, 5) is 4.61. The monoisotopic (exact) mass is 310 g/mol. The molecule has 1 aromatic carbocycles. The fraction of sp³-hybridized carbons (Fsp3) is 0.308. The molecule has 1 N–H and O–H groups in total. The second-order valence-corrected chi connectivity index (χ2v) is 5.67. The van der Waals surface area contributed by atoms with Gasteiger partial charge in [0.2, 0.25) is 0 Å². The van der Waals surface area contributed by atoms with Gasteiger partial charge in [-0.2, -0.15) is 0 Å². The van der Waals surface area contributed by atoms with E-state index in [4.69, 9.17) is 0 Å². The molecule has 0 bridgehead atoms. The lowest BCUT2D eigenvalue weighted by atomic mass is 10.2. The van der Waals surface area contributed by atoms with Crippen LogP contribution < -0.4 is 5.32 Å². The van der Waals surface area contributed by atoms with Gasteiger partial charge in [0, 0.05) is 22.8 Å². The fourth-order valence-electron chi connectivity index (χ4n) is 1.54. The maximum absolute atomic E-state index is 4.61. The summed E-state index contributed by atoms with van der Waals surface area (Å²) in [6.45, 7) is 3.96. The molecule has 0 saturated heterocycles. The lowest BCUT2D eigenvalue weighted by molar-refractivity contribution is 0.712. The van der Waals surface area contributed by atoms with Crippen molar-refractivity contribution < 1.29 is 0 Å². The van der Waals surface area contributed by atoms with Crippen molar-refractivity contribution >= 4 is 27.3 Å². The zero-order valence-electron chi connectivity index (χ0n) is 9.74. The molecule has 0 atom stereocenters. The average molecular weight is 311 g/mol. The first-order valence-corrected chi connectivity index (χ1v) is 7.33. The van der Waals surface area contributed by atoms with Crippen LogP contribution in [0.15, 0.2) is 34.1 Å². The third kappa shape index (κ3) is 3.91. The summed E-state index contributed by atoms with van der Waals surface area (Å²) in [6, 6.07) is 8.41. The minimum Gasteiger partial charge on any atom is -0.311 e. The quantitative estimate of drug-likeness (QED) is 0.912. The molecule has 0 aliphatic heterocycles. The molecule has 0 aliphatic carbocycles. The number of hydrogen-bond acceptors (Lipinski definition) is 3. The predicted octanol–water partition coefficient (Wildman–Crippen LogP) is 3.61. The maximum atomic E-state index is 4.61. The number of nitrogens with zero attached hydrogens (tertiary/aromatic N) is 1. The van der Waals surface area contributed by atoms with Gasteiger partial charge in [0.25, 0.3) is 0 Å². The van der Waals surface area contributed by atoms with Crippen LogP contribution in [0.3, 0.4) is 0 Å². The zero-order valence-corrected chi connectivity index (χ0v) is 12.1. The van der Waals surface area contributed by atoms with Gasteiger partial charge in [-0.25, -0.2) is 4.98 Å². The van der Waals surface area contributed by atoms with Crippen LogP contribution in [0.1, 0.15) is 23.2 Å². The third-order valence-electron chi connectivity index (χ3n) is 2.42. The van der Waals surface area contributed by atoms with Crippen LogP contribution in [0.5, 0.6) is 0 Å². The molecule has 2 aromatic rings. The Hall–Kier alpha value is -0.710. The Morgan fingerprint density at radius 2 is 2.06 bits per heavy atom. The van der Waals surface area contributed by atoms with Gasteiger partial charge in [0.1, 0.15) is 0 Å². The molecule has 1 heterocycles. The van der Waals surface area contributed by atoms with E-state index in [-0.39, 0.29) is 0 Å². The lowest BCUT2D eigenvalue weighted by Gasteiger charge is -1.98. The van der Waals surface area contributed by atoms with E-state index in [1.807, 2.05) is 0 Å². The summed E-state index contributed by atoms with van der Waals surface area (Å²) in [5.74, 6) is 0. The third-order valence-corrected chi connectivity index (χ3v) is 3.85. The number of rotatable bonds is 5. The van der Waals surface area contributed by atoms with Crippen molar-refractivity contribution in [3.05, 3.63) is 50.4 Å². The first-order chi connectivity index (χ1) is 8.28. The molecule has 0 fully saturated rings. The van der Waals surface area contributed by atoms with Crippen molar-refractivity contribution in [1.29, 1.82) is 0 Å². The predicted molar refractivity (Wildman–Crippen MR) is 76.4 cm³/mol. The number of thiazole rings is 1. The Balaban J connectivity index is 1.98. The minimum absolute atomic E-state index is 0.868. The Morgan fingerprint density at radius 1 is 1.29 bits per heavy atom. The maximum Gasteiger partial charge on any atom is 0.0972 e. The first-order valence-electron chi connectivity index (χ1n) is 5.66. The van der Waals surface area contributed by atoms with Crippen LogP contribution >= 0.6 is 27.3 Å². The van der Waals surface area contributed by atoms with Crippen LogP contribution in [0.2, 0.25) is 0 Å². The highest BCUT2D eigenvalue weighted by atomic mass is 79.9. The number of aromatic nitrogens is 1. The molecule has 2 nitrogen and oxygen atoms in total. The topological polar surface area (TPSA) is 24.9 Å². The number of halogens is 1. The normalized spacial score (nSPS) is 10.7. The van der Waals surface area contributed by atoms with Crippen LogP contribution in [-0.4, -0.2) is 11.5 Å². The Bertz CT molecular complexity index is 465. The van der Waals surface area contributed by atoms with Crippen LogP contribution in [0, 0.1) is 0 Å². The molecular weight excluding hydrogens is 296 g/mol. The van der Waals surface area contributed by atoms with Gasteiger partial charge >= 0.3 is 0 Å². The van der Waals surface area contributed by atoms with Gasteiger partial charge < -0.3 is 5.32 Å². The summed E-state index contributed by atoms with van der Waals surface area (Å²) in [7, 11) is 0. The second-order valence-electron chi connectivity index (χ2n) is 3.82. The molecule has 17 heavy (non-hydrogen) atoms. The smallest absolute Gasteiger partial charge is 0.0972 e. The molecule has 0 spiro atoms. The van der Waals surface area contributed by atoms with Gasteiger partial charge in [0.15, 0.2) is 0 Å². The second kappa shape index (κ2) is 6.28. The molecular formula is C13H15BrN2S. The lowest BCUT2D eigenvalue weighted by Crippen LogP contribution is -2.11. The molecule has 1 aromatic heterocycles. The minimum atomic E-state index is 0.868. The Morgan fingerprint density at radius 3 is 2.76 bits per heavy atom. The van der Waals surface area contributed by atoms with Crippen molar-refractivity contribution in [2.75, 3.05) is 6.54 Å². The molecule has 90 valence electrons.